The van der Waals surface area contributed by atoms with Crippen LogP contribution in [0.2, 0.25) is 0 Å². The highest BCUT2D eigenvalue weighted by atomic mass is 32.2. The predicted octanol–water partition coefficient (Wildman–Crippen LogP) is 2.58. The van der Waals surface area contributed by atoms with Gasteiger partial charge in [0.05, 0.1) is 16.5 Å². The van der Waals surface area contributed by atoms with Gasteiger partial charge in [-0.15, -0.1) is 5.10 Å². The predicted molar refractivity (Wildman–Crippen MR) is 71.7 cm³/mol. The number of hydrogen-bond donors (Lipinski definition) is 0. The maximum Gasteiger partial charge on any atom is 0.237 e. The summed E-state index contributed by atoms with van der Waals surface area (Å²) in [4.78, 5) is 9.40. The van der Waals surface area contributed by atoms with E-state index in [-0.39, 0.29) is 0 Å². The van der Waals surface area contributed by atoms with Gasteiger partial charge in [0, 0.05) is 6.20 Å². The fourth-order valence-corrected chi connectivity index (χ4v) is 2.69. The van der Waals surface area contributed by atoms with Crippen LogP contribution in [0.3, 0.4) is 0 Å². The molecule has 3 heterocycles. The molecule has 8 heteroatoms. The third-order valence-corrected chi connectivity index (χ3v) is 4.06. The highest BCUT2D eigenvalue weighted by Crippen LogP contribution is 2.24. The quantitative estimate of drug-likeness (QED) is 0.683. The molecule has 0 amide bonds. The van der Waals surface area contributed by atoms with Gasteiger partial charge >= 0.3 is 0 Å². The van der Waals surface area contributed by atoms with Gasteiger partial charge in [0.2, 0.25) is 11.7 Å². The van der Waals surface area contributed by atoms with Crippen molar-refractivity contribution < 1.29 is 4.52 Å². The molecule has 0 radical (unpaired) electrons. The lowest BCUT2D eigenvalue weighted by molar-refractivity contribution is 0.391. The first kappa shape index (κ1) is 12.2. The van der Waals surface area contributed by atoms with Gasteiger partial charge in [0.15, 0.2) is 0 Å². The minimum absolute atomic E-state index is 0.545. The summed E-state index contributed by atoms with van der Waals surface area (Å²) in [5.41, 5.74) is 0.815. The Morgan fingerprint density at radius 2 is 2.32 bits per heavy atom. The van der Waals surface area contributed by atoms with Gasteiger partial charge in [-0.05, 0) is 30.6 Å². The van der Waals surface area contributed by atoms with Crippen LogP contribution in [0, 0.1) is 6.92 Å². The zero-order valence-corrected chi connectivity index (χ0v) is 11.6. The average molecular weight is 291 g/mol. The Balaban J connectivity index is 1.71. The van der Waals surface area contributed by atoms with Crippen molar-refractivity contribution in [2.24, 2.45) is 0 Å². The van der Waals surface area contributed by atoms with E-state index in [0.717, 1.165) is 15.6 Å². The summed E-state index contributed by atoms with van der Waals surface area (Å²) >= 11 is 2.82. The van der Waals surface area contributed by atoms with Crippen LogP contribution in [0.5, 0.6) is 0 Å². The minimum Gasteiger partial charge on any atom is -0.338 e. The van der Waals surface area contributed by atoms with Crippen LogP contribution in [0.25, 0.3) is 10.7 Å². The van der Waals surface area contributed by atoms with Crippen LogP contribution >= 0.6 is 23.3 Å². The second-order valence-electron chi connectivity index (χ2n) is 3.66. The molecule has 0 unspecified atom stereocenters. The van der Waals surface area contributed by atoms with Gasteiger partial charge in [0.25, 0.3) is 0 Å². The topological polar surface area (TPSA) is 77.6 Å². The molecule has 6 nitrogen and oxygen atoms in total. The summed E-state index contributed by atoms with van der Waals surface area (Å²) < 4.78 is 9.06. The number of nitrogens with zero attached hydrogens (tertiary/aromatic N) is 5. The molecule has 3 rings (SSSR count). The Morgan fingerprint density at radius 3 is 3.05 bits per heavy atom. The normalized spacial score (nSPS) is 10.8. The molecule has 0 spiro atoms. The fraction of sp³-hybridized carbons (Fsp3) is 0.182. The van der Waals surface area contributed by atoms with Gasteiger partial charge in [-0.2, -0.15) is 4.98 Å². The third-order valence-electron chi connectivity index (χ3n) is 2.30. The van der Waals surface area contributed by atoms with Crippen LogP contribution in [-0.2, 0) is 5.75 Å². The van der Waals surface area contributed by atoms with Crippen molar-refractivity contribution in [1.82, 2.24) is 24.7 Å². The van der Waals surface area contributed by atoms with Crippen LogP contribution in [0.15, 0.2) is 33.9 Å². The van der Waals surface area contributed by atoms with Crippen molar-refractivity contribution >= 4 is 23.3 Å². The Morgan fingerprint density at radius 1 is 1.37 bits per heavy atom. The molecule has 0 saturated carbocycles. The SMILES string of the molecule is Cc1nnsc1-c1noc(CSc2ccccn2)n1. The molecule has 3 aromatic heterocycles. The molecule has 0 saturated heterocycles. The van der Waals surface area contributed by atoms with E-state index in [1.807, 2.05) is 25.1 Å². The van der Waals surface area contributed by atoms with E-state index in [9.17, 15) is 0 Å². The monoisotopic (exact) mass is 291 g/mol. The van der Waals surface area contributed by atoms with E-state index in [1.54, 1.807) is 18.0 Å². The molecule has 0 aliphatic rings. The fourth-order valence-electron chi connectivity index (χ4n) is 1.41. The van der Waals surface area contributed by atoms with Crippen molar-refractivity contribution in [2.75, 3.05) is 0 Å². The van der Waals surface area contributed by atoms with E-state index >= 15 is 0 Å². The lowest BCUT2D eigenvalue weighted by Gasteiger charge is -1.94. The summed E-state index contributed by atoms with van der Waals surface area (Å²) in [7, 11) is 0. The van der Waals surface area contributed by atoms with Gasteiger partial charge in [-0.3, -0.25) is 0 Å². The lowest BCUT2D eigenvalue weighted by atomic mass is 10.4. The van der Waals surface area contributed by atoms with E-state index in [2.05, 4.69) is 24.7 Å². The first-order valence-corrected chi connectivity index (χ1v) is 7.24. The van der Waals surface area contributed by atoms with Crippen molar-refractivity contribution in [3.63, 3.8) is 0 Å². The second-order valence-corrected chi connectivity index (χ2v) is 5.41. The van der Waals surface area contributed by atoms with Crippen molar-refractivity contribution in [2.45, 2.75) is 17.7 Å². The molecule has 3 aromatic rings. The third kappa shape index (κ3) is 2.79. The number of hydrogen-bond acceptors (Lipinski definition) is 8. The zero-order valence-electron chi connectivity index (χ0n) is 9.98. The highest BCUT2D eigenvalue weighted by molar-refractivity contribution is 7.98. The summed E-state index contributed by atoms with van der Waals surface area (Å²) in [6, 6.07) is 5.77. The Bertz CT molecular complexity index is 667. The second kappa shape index (κ2) is 5.45. The Hall–Kier alpha value is -1.80. The average Bonchev–Trinajstić information content (AvgIpc) is 3.06. The molecule has 0 N–H and O–H groups in total. The molecule has 0 atom stereocenters. The van der Waals surface area contributed by atoms with Crippen molar-refractivity contribution in [1.29, 1.82) is 0 Å². The number of aromatic nitrogens is 5. The minimum atomic E-state index is 0.545. The van der Waals surface area contributed by atoms with Gasteiger partial charge < -0.3 is 4.52 Å². The molecule has 0 aromatic carbocycles. The maximum absolute atomic E-state index is 5.21. The zero-order chi connectivity index (χ0) is 13.1. The molecular weight excluding hydrogens is 282 g/mol. The Kier molecular flexibility index (Phi) is 3.51. The summed E-state index contributed by atoms with van der Waals surface area (Å²) in [6.07, 6.45) is 1.76. The van der Waals surface area contributed by atoms with Crippen molar-refractivity contribution in [3.8, 4) is 10.7 Å². The van der Waals surface area contributed by atoms with E-state index in [4.69, 9.17) is 4.52 Å². The van der Waals surface area contributed by atoms with Crippen molar-refractivity contribution in [3.05, 3.63) is 36.0 Å². The van der Waals surface area contributed by atoms with Crippen LogP contribution < -0.4 is 0 Å². The van der Waals surface area contributed by atoms with Crippen LogP contribution in [0.4, 0.5) is 0 Å². The highest BCUT2D eigenvalue weighted by Gasteiger charge is 2.14. The largest absolute Gasteiger partial charge is 0.338 e. The molecule has 0 aliphatic heterocycles. The Labute approximate surface area is 117 Å². The molecule has 19 heavy (non-hydrogen) atoms. The van der Waals surface area contributed by atoms with Crippen LogP contribution in [0.1, 0.15) is 11.6 Å². The van der Waals surface area contributed by atoms with Gasteiger partial charge in [-0.25, -0.2) is 4.98 Å². The maximum atomic E-state index is 5.21. The number of aryl methyl sites for hydroxylation is 1. The molecule has 0 aliphatic carbocycles. The van der Waals surface area contributed by atoms with E-state index < -0.39 is 0 Å². The standard InChI is InChI=1S/C11H9N5OS2/c1-7-10(19-16-14-7)11-13-8(17-15-11)6-18-9-4-2-3-5-12-9/h2-5H,6H2,1H3. The summed E-state index contributed by atoms with van der Waals surface area (Å²) in [5.74, 6) is 1.71. The van der Waals surface area contributed by atoms with Crippen LogP contribution in [-0.4, -0.2) is 24.7 Å². The number of rotatable bonds is 4. The number of thioether (sulfide) groups is 1. The van der Waals surface area contributed by atoms with E-state index in [1.165, 1.54) is 11.5 Å². The van der Waals surface area contributed by atoms with Gasteiger partial charge in [-0.1, -0.05) is 27.5 Å². The smallest absolute Gasteiger partial charge is 0.237 e. The molecule has 0 fully saturated rings. The summed E-state index contributed by atoms with van der Waals surface area (Å²) in [5, 5.41) is 8.80. The lowest BCUT2D eigenvalue weighted by Crippen LogP contribution is -1.84. The molecule has 0 bridgehead atoms. The summed E-state index contributed by atoms with van der Waals surface area (Å²) in [6.45, 7) is 1.87. The first-order valence-electron chi connectivity index (χ1n) is 5.48. The first-order chi connectivity index (χ1) is 9.33. The number of pyridine rings is 1. The molecule has 96 valence electrons. The van der Waals surface area contributed by atoms with Gasteiger partial charge in [0.1, 0.15) is 4.88 Å². The van der Waals surface area contributed by atoms with E-state index in [0.29, 0.717) is 17.5 Å². The molecular formula is C11H9N5OS2.